The van der Waals surface area contributed by atoms with Gasteiger partial charge >= 0.3 is 0 Å². The summed E-state index contributed by atoms with van der Waals surface area (Å²) in [6.07, 6.45) is 0. The van der Waals surface area contributed by atoms with Crippen LogP contribution in [0.3, 0.4) is 0 Å². The largest absolute Gasteiger partial charge is 0.304 e. The van der Waals surface area contributed by atoms with Gasteiger partial charge in [0.15, 0.2) is 10.3 Å². The number of amides is 2. The molecule has 8 heteroatoms. The fourth-order valence-electron chi connectivity index (χ4n) is 1.23. The number of rotatable bonds is 0. The second kappa shape index (κ2) is 6.42. The maximum absolute atomic E-state index is 11.1. The Labute approximate surface area is 121 Å². The van der Waals surface area contributed by atoms with Crippen LogP contribution in [0.25, 0.3) is 0 Å². The summed E-state index contributed by atoms with van der Waals surface area (Å²) in [5, 5.41) is 6.77. The molecule has 2 rings (SSSR count). The molecule has 2 aliphatic rings. The van der Waals surface area contributed by atoms with Crippen molar-refractivity contribution >= 4 is 45.7 Å². The third-order valence-corrected chi connectivity index (χ3v) is 4.66. The lowest BCUT2D eigenvalue weighted by molar-refractivity contribution is -0.121. The van der Waals surface area contributed by atoms with Crippen molar-refractivity contribution in [2.24, 2.45) is 9.98 Å². The van der Waals surface area contributed by atoms with Crippen molar-refractivity contribution in [2.75, 3.05) is 14.1 Å². The van der Waals surface area contributed by atoms with Crippen molar-refractivity contribution < 1.29 is 9.59 Å². The van der Waals surface area contributed by atoms with Crippen LogP contribution in [0, 0.1) is 0 Å². The zero-order valence-corrected chi connectivity index (χ0v) is 13.2. The van der Waals surface area contributed by atoms with Crippen molar-refractivity contribution in [1.29, 1.82) is 0 Å². The van der Waals surface area contributed by atoms with Crippen molar-refractivity contribution in [2.45, 2.75) is 30.8 Å². The van der Waals surface area contributed by atoms with Crippen molar-refractivity contribution in [3.05, 3.63) is 0 Å². The number of hydrogen-bond acceptors (Lipinski definition) is 6. The number of amidine groups is 2. The first-order valence-electron chi connectivity index (χ1n) is 5.71. The van der Waals surface area contributed by atoms with Crippen LogP contribution in [0.4, 0.5) is 0 Å². The van der Waals surface area contributed by atoms with E-state index in [4.69, 9.17) is 0 Å². The van der Waals surface area contributed by atoms with E-state index in [1.807, 2.05) is 20.8 Å². The smallest absolute Gasteiger partial charge is 0.242 e. The lowest BCUT2D eigenvalue weighted by atomic mass is 10.2. The predicted molar refractivity (Wildman–Crippen MR) is 81.7 cm³/mol. The van der Waals surface area contributed by atoms with Gasteiger partial charge in [0.1, 0.15) is 0 Å². The van der Waals surface area contributed by atoms with Crippen LogP contribution in [0.5, 0.6) is 0 Å². The standard InChI is InChI=1S/C6H10N2OS.C5H8N2OS/c1-6(2)4(9)8-5(7-3)10-6;1-3-4(8)7-5(6-2)9-3/h1-3H3,(H,7,8,9);3H,1-2H3,(H,6,7,8). The highest BCUT2D eigenvalue weighted by Crippen LogP contribution is 2.30. The number of carbonyl (C=O) groups is 2. The highest BCUT2D eigenvalue weighted by molar-refractivity contribution is 8.16. The molecule has 2 fully saturated rings. The summed E-state index contributed by atoms with van der Waals surface area (Å²) < 4.78 is -0.338. The Hall–Kier alpha value is -1.02. The number of hydrogen-bond donors (Lipinski definition) is 2. The van der Waals surface area contributed by atoms with E-state index in [0.717, 1.165) is 10.3 Å². The van der Waals surface area contributed by atoms with Crippen LogP contribution in [0.2, 0.25) is 0 Å². The summed E-state index contributed by atoms with van der Waals surface area (Å²) in [6.45, 7) is 5.62. The maximum Gasteiger partial charge on any atom is 0.242 e. The van der Waals surface area contributed by atoms with Gasteiger partial charge in [-0.2, -0.15) is 0 Å². The number of nitrogens with zero attached hydrogens (tertiary/aromatic N) is 2. The van der Waals surface area contributed by atoms with Gasteiger partial charge in [0.25, 0.3) is 0 Å². The zero-order valence-electron chi connectivity index (χ0n) is 11.6. The number of aliphatic imine (C=N–C) groups is 2. The van der Waals surface area contributed by atoms with Gasteiger partial charge in [0.05, 0.1) is 10.00 Å². The van der Waals surface area contributed by atoms with Crippen molar-refractivity contribution in [3.63, 3.8) is 0 Å². The van der Waals surface area contributed by atoms with Crippen LogP contribution in [0.15, 0.2) is 9.98 Å². The van der Waals surface area contributed by atoms with E-state index < -0.39 is 0 Å². The summed E-state index contributed by atoms with van der Waals surface area (Å²) >= 11 is 2.93. The van der Waals surface area contributed by atoms with Gasteiger partial charge in [-0.25, -0.2) is 0 Å². The molecule has 0 bridgehead atoms. The molecule has 0 spiro atoms. The van der Waals surface area contributed by atoms with E-state index in [2.05, 4.69) is 20.6 Å². The molecule has 6 nitrogen and oxygen atoms in total. The summed E-state index contributed by atoms with van der Waals surface area (Å²) in [5.74, 6) is 0.0960. The summed E-state index contributed by atoms with van der Waals surface area (Å²) in [7, 11) is 3.34. The minimum absolute atomic E-state index is 0.0312. The van der Waals surface area contributed by atoms with E-state index in [0.29, 0.717) is 0 Å². The highest BCUT2D eigenvalue weighted by atomic mass is 32.2. The molecular weight excluding hydrogens is 284 g/mol. The first-order chi connectivity index (χ1) is 8.80. The van der Waals surface area contributed by atoms with E-state index in [9.17, 15) is 9.59 Å². The van der Waals surface area contributed by atoms with Gasteiger partial charge in [-0.3, -0.25) is 19.6 Å². The number of carbonyl (C=O) groups excluding carboxylic acids is 2. The predicted octanol–water partition coefficient (Wildman–Crippen LogP) is 0.837. The molecule has 2 N–H and O–H groups in total. The second-order valence-electron chi connectivity index (χ2n) is 4.37. The molecule has 0 aromatic heterocycles. The normalized spacial score (nSPS) is 29.0. The Kier molecular flexibility index (Phi) is 5.42. The van der Waals surface area contributed by atoms with E-state index in [1.54, 1.807) is 14.1 Å². The van der Waals surface area contributed by atoms with E-state index in [1.165, 1.54) is 23.5 Å². The molecule has 2 heterocycles. The molecule has 19 heavy (non-hydrogen) atoms. The van der Waals surface area contributed by atoms with Gasteiger partial charge in [-0.15, -0.1) is 0 Å². The van der Waals surface area contributed by atoms with Gasteiger partial charge in [0.2, 0.25) is 11.8 Å². The molecule has 0 saturated carbocycles. The molecule has 1 unspecified atom stereocenters. The average molecular weight is 302 g/mol. The molecule has 106 valence electrons. The summed E-state index contributed by atoms with van der Waals surface area (Å²) in [4.78, 5) is 29.5. The van der Waals surface area contributed by atoms with Gasteiger partial charge < -0.3 is 10.6 Å². The van der Waals surface area contributed by atoms with Crippen LogP contribution < -0.4 is 10.6 Å². The molecule has 2 saturated heterocycles. The fraction of sp³-hybridized carbons (Fsp3) is 0.636. The Morgan fingerprint density at radius 1 is 1.11 bits per heavy atom. The lowest BCUT2D eigenvalue weighted by Crippen LogP contribution is -2.30. The van der Waals surface area contributed by atoms with Gasteiger partial charge in [0, 0.05) is 14.1 Å². The second-order valence-corrected chi connectivity index (χ2v) is 7.31. The maximum atomic E-state index is 11.1. The minimum atomic E-state index is -0.338. The SMILES string of the molecule is CN=C1NC(=O)C(C)(C)S1.CN=C1NC(=O)C(C)S1. The van der Waals surface area contributed by atoms with Crippen LogP contribution >= 0.6 is 23.5 Å². The first-order valence-corrected chi connectivity index (χ1v) is 7.41. The molecule has 0 aliphatic carbocycles. The number of thioether (sulfide) groups is 2. The quantitative estimate of drug-likeness (QED) is 0.694. The first kappa shape index (κ1) is 16.0. The van der Waals surface area contributed by atoms with Crippen molar-refractivity contribution in [1.82, 2.24) is 10.6 Å². The van der Waals surface area contributed by atoms with Crippen LogP contribution in [-0.2, 0) is 9.59 Å². The Morgan fingerprint density at radius 2 is 1.68 bits per heavy atom. The average Bonchev–Trinajstić information content (AvgIpc) is 2.81. The fourth-order valence-corrected chi connectivity index (χ4v) is 2.86. The summed E-state index contributed by atoms with van der Waals surface area (Å²) in [5.41, 5.74) is 0. The van der Waals surface area contributed by atoms with Crippen LogP contribution in [-0.4, -0.2) is 46.2 Å². The van der Waals surface area contributed by atoms with E-state index >= 15 is 0 Å². The molecular formula is C11H18N4O2S2. The molecule has 2 aliphatic heterocycles. The molecule has 1 atom stereocenters. The monoisotopic (exact) mass is 302 g/mol. The highest BCUT2D eigenvalue weighted by Gasteiger charge is 2.37. The van der Waals surface area contributed by atoms with Gasteiger partial charge in [-0.05, 0) is 20.8 Å². The topological polar surface area (TPSA) is 82.9 Å². The van der Waals surface area contributed by atoms with Gasteiger partial charge in [-0.1, -0.05) is 23.5 Å². The molecule has 0 aromatic carbocycles. The minimum Gasteiger partial charge on any atom is -0.304 e. The van der Waals surface area contributed by atoms with Crippen molar-refractivity contribution in [3.8, 4) is 0 Å². The Balaban J connectivity index is 0.000000191. The van der Waals surface area contributed by atoms with Crippen LogP contribution in [0.1, 0.15) is 20.8 Å². The molecule has 0 aromatic rings. The Bertz CT molecular complexity index is 446. The molecule has 2 amide bonds. The zero-order chi connectivity index (χ0) is 14.6. The van der Waals surface area contributed by atoms with E-state index in [-0.39, 0.29) is 21.8 Å². The third-order valence-electron chi connectivity index (χ3n) is 2.41. The summed E-state index contributed by atoms with van der Waals surface area (Å²) in [6, 6.07) is 0. The number of nitrogens with one attached hydrogen (secondary N) is 2. The lowest BCUT2D eigenvalue weighted by Gasteiger charge is -2.08. The molecule has 0 radical (unpaired) electrons. The Morgan fingerprint density at radius 3 is 1.89 bits per heavy atom. The third kappa shape index (κ3) is 4.24.